The largest absolute Gasteiger partial charge is 0.465 e. The van der Waals surface area contributed by atoms with Crippen molar-refractivity contribution in [3.8, 4) is 5.69 Å². The van der Waals surface area contributed by atoms with Gasteiger partial charge in [0, 0.05) is 5.56 Å². The molecule has 0 aliphatic carbocycles. The summed E-state index contributed by atoms with van der Waals surface area (Å²) < 4.78 is 27.9. The first-order chi connectivity index (χ1) is 13.2. The minimum absolute atomic E-state index is 0.0664. The van der Waals surface area contributed by atoms with Crippen LogP contribution in [0.2, 0.25) is 5.02 Å². The van der Waals surface area contributed by atoms with Crippen LogP contribution < -0.4 is 10.9 Å². The van der Waals surface area contributed by atoms with Crippen LogP contribution in [0.4, 0.5) is 13.6 Å². The Morgan fingerprint density at radius 2 is 1.93 bits per heavy atom. The molecule has 0 bridgehead atoms. The fourth-order valence-corrected chi connectivity index (χ4v) is 3.35. The third-order valence-corrected chi connectivity index (χ3v) is 4.74. The summed E-state index contributed by atoms with van der Waals surface area (Å²) in [6, 6.07) is 8.02. The highest BCUT2D eigenvalue weighted by atomic mass is 35.5. The lowest BCUT2D eigenvalue weighted by molar-refractivity contribution is 0.150. The van der Waals surface area contributed by atoms with Crippen molar-refractivity contribution < 1.29 is 18.7 Å². The Kier molecular flexibility index (Phi) is 5.33. The molecule has 1 aromatic heterocycles. The SMILES string of the molecule is Cc1c(C(F)F)cccc1-n1c(C(C)NC(=O)O)nc2cccc(Cl)c2c1=O. The fourth-order valence-electron chi connectivity index (χ4n) is 3.10. The Balaban J connectivity index is 2.42. The van der Waals surface area contributed by atoms with E-state index in [1.165, 1.54) is 38.1 Å². The molecule has 0 fully saturated rings. The maximum Gasteiger partial charge on any atom is 0.405 e. The summed E-state index contributed by atoms with van der Waals surface area (Å²) in [6.07, 6.45) is -4.04. The van der Waals surface area contributed by atoms with Crippen molar-refractivity contribution in [2.45, 2.75) is 26.3 Å². The number of amides is 1. The molecule has 0 radical (unpaired) electrons. The average molecular weight is 408 g/mol. The standard InChI is InChI=1S/C19H16ClF2N3O3/c1-9-11(16(21)22)5-3-8-14(9)25-17(10(2)23-19(27)28)24-13-7-4-6-12(20)15(13)18(25)26/h3-8,10,16,23H,1-2H3,(H,27,28). The van der Waals surface area contributed by atoms with Crippen LogP contribution in [0, 0.1) is 6.92 Å². The Bertz CT molecular complexity index is 1130. The summed E-state index contributed by atoms with van der Waals surface area (Å²) in [5.41, 5.74) is -0.138. The predicted molar refractivity (Wildman–Crippen MR) is 102 cm³/mol. The molecule has 1 amide bonds. The van der Waals surface area contributed by atoms with Crippen LogP contribution in [0.1, 0.15) is 36.3 Å². The lowest BCUT2D eigenvalue weighted by Crippen LogP contribution is -2.33. The number of hydrogen-bond acceptors (Lipinski definition) is 3. The topological polar surface area (TPSA) is 84.2 Å². The maximum atomic E-state index is 13.4. The van der Waals surface area contributed by atoms with Gasteiger partial charge in [0.25, 0.3) is 12.0 Å². The Morgan fingerprint density at radius 1 is 1.25 bits per heavy atom. The average Bonchev–Trinajstić information content (AvgIpc) is 2.61. The van der Waals surface area contributed by atoms with E-state index in [0.29, 0.717) is 0 Å². The predicted octanol–water partition coefficient (Wildman–Crippen LogP) is 4.61. The Morgan fingerprint density at radius 3 is 2.57 bits per heavy atom. The molecule has 3 aromatic rings. The number of aromatic nitrogens is 2. The van der Waals surface area contributed by atoms with E-state index in [1.54, 1.807) is 12.1 Å². The quantitative estimate of drug-likeness (QED) is 0.661. The number of rotatable bonds is 4. The molecule has 1 atom stereocenters. The molecule has 0 saturated heterocycles. The second-order valence-electron chi connectivity index (χ2n) is 6.21. The van der Waals surface area contributed by atoms with Crippen molar-refractivity contribution in [1.82, 2.24) is 14.9 Å². The highest BCUT2D eigenvalue weighted by Gasteiger charge is 2.23. The first-order valence-corrected chi connectivity index (χ1v) is 8.68. The van der Waals surface area contributed by atoms with E-state index in [-0.39, 0.29) is 38.6 Å². The molecule has 9 heteroatoms. The monoisotopic (exact) mass is 407 g/mol. The van der Waals surface area contributed by atoms with E-state index in [1.807, 2.05) is 0 Å². The van der Waals surface area contributed by atoms with Gasteiger partial charge in [-0.05, 0) is 37.6 Å². The molecule has 28 heavy (non-hydrogen) atoms. The molecule has 2 N–H and O–H groups in total. The van der Waals surface area contributed by atoms with Crippen molar-refractivity contribution in [3.63, 3.8) is 0 Å². The molecule has 1 heterocycles. The van der Waals surface area contributed by atoms with Gasteiger partial charge in [-0.1, -0.05) is 29.8 Å². The molecule has 0 spiro atoms. The van der Waals surface area contributed by atoms with Crippen LogP contribution in [0.5, 0.6) is 0 Å². The van der Waals surface area contributed by atoms with Crippen LogP contribution >= 0.6 is 11.6 Å². The Labute approximate surface area is 163 Å². The number of hydrogen-bond donors (Lipinski definition) is 2. The van der Waals surface area contributed by atoms with E-state index in [4.69, 9.17) is 16.7 Å². The maximum absolute atomic E-state index is 13.4. The Hall–Kier alpha value is -3.00. The van der Waals surface area contributed by atoms with E-state index >= 15 is 0 Å². The van der Waals surface area contributed by atoms with Crippen LogP contribution in [0.15, 0.2) is 41.2 Å². The zero-order chi connectivity index (χ0) is 20.6. The number of fused-ring (bicyclic) bond motifs is 1. The zero-order valence-electron chi connectivity index (χ0n) is 14.9. The number of halogens is 3. The number of alkyl halides is 2. The molecule has 2 aromatic carbocycles. The van der Waals surface area contributed by atoms with Gasteiger partial charge in [-0.2, -0.15) is 0 Å². The summed E-state index contributed by atoms with van der Waals surface area (Å²) >= 11 is 6.18. The van der Waals surface area contributed by atoms with Crippen LogP contribution in [-0.4, -0.2) is 20.8 Å². The van der Waals surface area contributed by atoms with Gasteiger partial charge in [0.2, 0.25) is 0 Å². The second-order valence-corrected chi connectivity index (χ2v) is 6.61. The van der Waals surface area contributed by atoms with Gasteiger partial charge in [-0.15, -0.1) is 0 Å². The van der Waals surface area contributed by atoms with Crippen molar-refractivity contribution >= 4 is 28.6 Å². The molecule has 3 rings (SSSR count). The van der Waals surface area contributed by atoms with Gasteiger partial charge in [-0.3, -0.25) is 9.36 Å². The van der Waals surface area contributed by atoms with Gasteiger partial charge >= 0.3 is 6.09 Å². The van der Waals surface area contributed by atoms with E-state index < -0.39 is 24.1 Å². The number of carboxylic acid groups (broad SMARTS) is 1. The highest BCUT2D eigenvalue weighted by Crippen LogP contribution is 2.29. The second kappa shape index (κ2) is 7.55. The van der Waals surface area contributed by atoms with Crippen molar-refractivity contribution in [3.05, 3.63) is 68.7 Å². The minimum atomic E-state index is -2.73. The minimum Gasteiger partial charge on any atom is -0.465 e. The summed E-state index contributed by atoms with van der Waals surface area (Å²) in [5.74, 6) is 0.0664. The van der Waals surface area contributed by atoms with Crippen LogP contribution in [0.25, 0.3) is 16.6 Å². The smallest absolute Gasteiger partial charge is 0.405 e. The van der Waals surface area contributed by atoms with E-state index in [2.05, 4.69) is 10.3 Å². The van der Waals surface area contributed by atoms with Gasteiger partial charge in [0.05, 0.1) is 27.7 Å². The molecule has 0 aliphatic rings. The third kappa shape index (κ3) is 3.43. The number of nitrogens with zero attached hydrogens (tertiary/aromatic N) is 2. The third-order valence-electron chi connectivity index (χ3n) is 4.42. The molecule has 1 unspecified atom stereocenters. The van der Waals surface area contributed by atoms with Crippen molar-refractivity contribution in [1.29, 1.82) is 0 Å². The zero-order valence-corrected chi connectivity index (χ0v) is 15.7. The molecular weight excluding hydrogens is 392 g/mol. The van der Waals surface area contributed by atoms with Crippen molar-refractivity contribution in [2.75, 3.05) is 0 Å². The van der Waals surface area contributed by atoms with Gasteiger partial charge in [0.15, 0.2) is 0 Å². The molecule has 0 saturated carbocycles. The first kappa shape index (κ1) is 19.8. The van der Waals surface area contributed by atoms with Crippen LogP contribution in [-0.2, 0) is 0 Å². The number of carbonyl (C=O) groups is 1. The summed E-state index contributed by atoms with van der Waals surface area (Å²) in [7, 11) is 0. The van der Waals surface area contributed by atoms with Gasteiger partial charge in [0.1, 0.15) is 5.82 Å². The molecule has 6 nitrogen and oxygen atoms in total. The normalized spacial score (nSPS) is 12.4. The fraction of sp³-hybridized carbons (Fsp3) is 0.211. The lowest BCUT2D eigenvalue weighted by atomic mass is 10.1. The lowest BCUT2D eigenvalue weighted by Gasteiger charge is -2.21. The van der Waals surface area contributed by atoms with E-state index in [0.717, 1.165) is 4.57 Å². The van der Waals surface area contributed by atoms with Crippen LogP contribution in [0.3, 0.4) is 0 Å². The summed E-state index contributed by atoms with van der Waals surface area (Å²) in [6.45, 7) is 2.98. The highest BCUT2D eigenvalue weighted by molar-refractivity contribution is 6.35. The molecule has 146 valence electrons. The van der Waals surface area contributed by atoms with Crippen molar-refractivity contribution in [2.24, 2.45) is 0 Å². The van der Waals surface area contributed by atoms with E-state index in [9.17, 15) is 18.4 Å². The summed E-state index contributed by atoms with van der Waals surface area (Å²) in [4.78, 5) is 28.8. The molecule has 0 aliphatic heterocycles. The number of nitrogens with one attached hydrogen (secondary N) is 1. The number of benzene rings is 2. The first-order valence-electron chi connectivity index (χ1n) is 8.31. The summed E-state index contributed by atoms with van der Waals surface area (Å²) in [5, 5.41) is 11.6. The van der Waals surface area contributed by atoms with Gasteiger partial charge < -0.3 is 10.4 Å². The molecular formula is C19H16ClF2N3O3. The van der Waals surface area contributed by atoms with Gasteiger partial charge in [-0.25, -0.2) is 18.6 Å².